The molecule has 2 aromatic rings. The van der Waals surface area contributed by atoms with Gasteiger partial charge in [0.2, 0.25) is 12.0 Å². The maximum Gasteiger partial charge on any atom is 0.349 e. The Morgan fingerprint density at radius 1 is 1.10 bits per heavy atom. The van der Waals surface area contributed by atoms with Crippen molar-refractivity contribution in [1.29, 1.82) is 0 Å². The molecule has 0 aliphatic rings. The maximum atomic E-state index is 11.8. The fraction of sp³-hybridized carbons (Fsp3) is 0.0714. The molecule has 1 heterocycles. The molecule has 0 saturated carbocycles. The molecule has 0 bridgehead atoms. The molecule has 6 heteroatoms. The highest BCUT2D eigenvalue weighted by atomic mass is 16.6. The van der Waals surface area contributed by atoms with Crippen molar-refractivity contribution in [2.24, 2.45) is 0 Å². The van der Waals surface area contributed by atoms with E-state index in [1.807, 2.05) is 0 Å². The molecule has 0 spiro atoms. The lowest BCUT2D eigenvalue weighted by Gasteiger charge is -2.13. The van der Waals surface area contributed by atoms with Gasteiger partial charge in [-0.3, -0.25) is 0 Å². The second kappa shape index (κ2) is 5.83. The van der Waals surface area contributed by atoms with Gasteiger partial charge in [0.25, 0.3) is 0 Å². The number of carboxylic acids is 1. The summed E-state index contributed by atoms with van der Waals surface area (Å²) in [5.41, 5.74) is 0.421. The highest BCUT2D eigenvalue weighted by molar-refractivity contribution is 5.91. The van der Waals surface area contributed by atoms with Crippen LogP contribution in [-0.4, -0.2) is 27.1 Å². The highest BCUT2D eigenvalue weighted by Gasteiger charge is 2.24. The molecule has 2 N–H and O–H groups in total. The summed E-state index contributed by atoms with van der Waals surface area (Å²) in [6.07, 6.45) is -0.279. The van der Waals surface area contributed by atoms with E-state index in [-0.39, 0.29) is 11.4 Å². The molecule has 1 aromatic heterocycles. The lowest BCUT2D eigenvalue weighted by atomic mass is 10.1. The van der Waals surface area contributed by atoms with Crippen LogP contribution in [0.2, 0.25) is 0 Å². The monoisotopic (exact) mass is 273 g/mol. The van der Waals surface area contributed by atoms with Crippen molar-refractivity contribution in [1.82, 2.24) is 4.98 Å². The first-order chi connectivity index (χ1) is 9.58. The summed E-state index contributed by atoms with van der Waals surface area (Å²) < 4.78 is 4.96. The number of hydrogen-bond donors (Lipinski definition) is 2. The Kier molecular flexibility index (Phi) is 3.95. The van der Waals surface area contributed by atoms with E-state index in [2.05, 4.69) is 4.98 Å². The first-order valence-electron chi connectivity index (χ1n) is 5.71. The van der Waals surface area contributed by atoms with E-state index in [0.29, 0.717) is 5.56 Å². The van der Waals surface area contributed by atoms with Gasteiger partial charge in [0.1, 0.15) is 0 Å². The zero-order valence-corrected chi connectivity index (χ0v) is 10.3. The number of hydrogen-bond acceptors (Lipinski definition) is 5. The molecule has 0 radical (unpaired) electrons. The largest absolute Gasteiger partial charge is 0.493 e. The fourth-order valence-electron chi connectivity index (χ4n) is 1.57. The van der Waals surface area contributed by atoms with Gasteiger partial charge < -0.3 is 14.9 Å². The average Bonchev–Trinajstić information content (AvgIpc) is 2.46. The summed E-state index contributed by atoms with van der Waals surface area (Å²) in [5, 5.41) is 18.2. The summed E-state index contributed by atoms with van der Waals surface area (Å²) in [6, 6.07) is 10.7. The van der Waals surface area contributed by atoms with E-state index < -0.39 is 18.0 Å². The summed E-state index contributed by atoms with van der Waals surface area (Å²) in [4.78, 5) is 26.6. The Balaban J connectivity index is 2.19. The zero-order valence-electron chi connectivity index (χ0n) is 10.3. The van der Waals surface area contributed by atoms with E-state index in [9.17, 15) is 9.59 Å². The van der Waals surface area contributed by atoms with E-state index in [1.54, 1.807) is 30.3 Å². The van der Waals surface area contributed by atoms with Gasteiger partial charge in [-0.1, -0.05) is 30.3 Å². The minimum atomic E-state index is -1.39. The number of carbonyl (C=O) groups is 2. The van der Waals surface area contributed by atoms with Crippen LogP contribution in [0.3, 0.4) is 0 Å². The minimum Gasteiger partial charge on any atom is -0.493 e. The molecule has 6 nitrogen and oxygen atoms in total. The van der Waals surface area contributed by atoms with Crippen LogP contribution in [0.5, 0.6) is 5.88 Å². The van der Waals surface area contributed by atoms with E-state index in [0.717, 1.165) is 6.20 Å². The van der Waals surface area contributed by atoms with Crippen LogP contribution in [-0.2, 0) is 9.53 Å². The zero-order chi connectivity index (χ0) is 14.5. The molecule has 20 heavy (non-hydrogen) atoms. The van der Waals surface area contributed by atoms with Crippen molar-refractivity contribution >= 4 is 11.9 Å². The fourth-order valence-corrected chi connectivity index (χ4v) is 1.57. The number of ether oxygens (including phenoxy) is 1. The molecule has 0 amide bonds. The van der Waals surface area contributed by atoms with Gasteiger partial charge in [-0.25, -0.2) is 14.6 Å². The third-order valence-electron chi connectivity index (χ3n) is 2.54. The number of aromatic nitrogens is 1. The van der Waals surface area contributed by atoms with Crippen LogP contribution in [0.1, 0.15) is 22.0 Å². The van der Waals surface area contributed by atoms with Crippen LogP contribution in [0, 0.1) is 0 Å². The Morgan fingerprint density at radius 2 is 1.80 bits per heavy atom. The number of esters is 1. The Labute approximate surface area is 114 Å². The number of aromatic hydroxyl groups is 1. The van der Waals surface area contributed by atoms with Gasteiger partial charge in [-0.2, -0.15) is 0 Å². The number of carboxylic acid groups (broad SMARTS) is 1. The van der Waals surface area contributed by atoms with Gasteiger partial charge in [-0.05, 0) is 6.07 Å². The number of carbonyl (C=O) groups excluding carboxylic acids is 1. The second-order valence-electron chi connectivity index (χ2n) is 3.94. The molecule has 1 atom stereocenters. The summed E-state index contributed by atoms with van der Waals surface area (Å²) in [6.45, 7) is 0. The van der Waals surface area contributed by atoms with Crippen LogP contribution >= 0.6 is 0 Å². The quantitative estimate of drug-likeness (QED) is 0.824. The van der Waals surface area contributed by atoms with Gasteiger partial charge in [0.15, 0.2) is 0 Å². The standard InChI is InChI=1S/C14H11NO5/c16-11-7-6-10(8-15-11)14(19)20-12(13(17)18)9-4-2-1-3-5-9/h1-8,12H,(H,15,16)(H,17,18). The van der Waals surface area contributed by atoms with Crippen molar-refractivity contribution in [2.75, 3.05) is 0 Å². The van der Waals surface area contributed by atoms with E-state index >= 15 is 0 Å². The SMILES string of the molecule is O=C(OC(C(=O)O)c1ccccc1)c1ccc(O)nc1. The minimum absolute atomic E-state index is 0.0602. The summed E-state index contributed by atoms with van der Waals surface area (Å²) >= 11 is 0. The molecule has 102 valence electrons. The predicted octanol–water partition coefficient (Wildman–Crippen LogP) is 1.77. The predicted molar refractivity (Wildman–Crippen MR) is 68.1 cm³/mol. The van der Waals surface area contributed by atoms with Crippen molar-refractivity contribution in [2.45, 2.75) is 6.10 Å². The third-order valence-corrected chi connectivity index (χ3v) is 2.54. The van der Waals surface area contributed by atoms with Crippen LogP contribution < -0.4 is 0 Å². The lowest BCUT2D eigenvalue weighted by molar-refractivity contribution is -0.147. The molecular weight excluding hydrogens is 262 g/mol. The van der Waals surface area contributed by atoms with Crippen molar-refractivity contribution in [3.05, 3.63) is 59.8 Å². The summed E-state index contributed by atoms with van der Waals surface area (Å²) in [7, 11) is 0. The van der Waals surface area contributed by atoms with Crippen LogP contribution in [0.25, 0.3) is 0 Å². The molecule has 2 rings (SSSR count). The van der Waals surface area contributed by atoms with Crippen molar-refractivity contribution in [3.63, 3.8) is 0 Å². The van der Waals surface area contributed by atoms with E-state index in [4.69, 9.17) is 14.9 Å². The molecule has 0 saturated heterocycles. The molecule has 0 aliphatic heterocycles. The van der Waals surface area contributed by atoms with Crippen LogP contribution in [0.15, 0.2) is 48.7 Å². The topological polar surface area (TPSA) is 96.7 Å². The third kappa shape index (κ3) is 3.11. The maximum absolute atomic E-state index is 11.8. The highest BCUT2D eigenvalue weighted by Crippen LogP contribution is 2.19. The van der Waals surface area contributed by atoms with Gasteiger partial charge in [0.05, 0.1) is 5.56 Å². The van der Waals surface area contributed by atoms with Gasteiger partial charge in [0, 0.05) is 17.8 Å². The molecule has 1 aromatic carbocycles. The normalized spacial score (nSPS) is 11.6. The number of nitrogens with zero attached hydrogens (tertiary/aromatic N) is 1. The molecule has 0 fully saturated rings. The molecule has 0 aliphatic carbocycles. The van der Waals surface area contributed by atoms with Crippen molar-refractivity contribution < 1.29 is 24.5 Å². The number of benzene rings is 1. The Hall–Kier alpha value is -2.89. The van der Waals surface area contributed by atoms with Gasteiger partial charge in [-0.15, -0.1) is 0 Å². The van der Waals surface area contributed by atoms with Crippen molar-refractivity contribution in [3.8, 4) is 5.88 Å². The average molecular weight is 273 g/mol. The Morgan fingerprint density at radius 3 is 2.35 bits per heavy atom. The summed E-state index contributed by atoms with van der Waals surface area (Å²) in [5.74, 6) is -2.33. The molecular formula is C14H11NO5. The smallest absolute Gasteiger partial charge is 0.349 e. The first-order valence-corrected chi connectivity index (χ1v) is 5.71. The second-order valence-corrected chi connectivity index (χ2v) is 3.94. The van der Waals surface area contributed by atoms with Gasteiger partial charge >= 0.3 is 11.9 Å². The molecule has 1 unspecified atom stereocenters. The first kappa shape index (κ1) is 13.5. The van der Waals surface area contributed by atoms with E-state index in [1.165, 1.54) is 12.1 Å². The number of rotatable bonds is 4. The lowest BCUT2D eigenvalue weighted by Crippen LogP contribution is -2.19. The van der Waals surface area contributed by atoms with Crippen LogP contribution in [0.4, 0.5) is 0 Å². The number of pyridine rings is 1. The Bertz CT molecular complexity index is 609. The number of aliphatic carboxylic acids is 1.